The number of aliphatic imine (C=N–C) groups is 3. The first-order valence-electron chi connectivity index (χ1n) is 3.73. The van der Waals surface area contributed by atoms with Crippen molar-refractivity contribution in [1.82, 2.24) is 5.32 Å². The van der Waals surface area contributed by atoms with Crippen LogP contribution in [0, 0.1) is 0 Å². The Morgan fingerprint density at radius 1 is 1.50 bits per heavy atom. The van der Waals surface area contributed by atoms with Crippen molar-refractivity contribution < 1.29 is 4.99 Å². The topological polar surface area (TPSA) is 63.1 Å². The van der Waals surface area contributed by atoms with Gasteiger partial charge in [0, 0.05) is 0 Å². The normalized spacial score (nSPS) is 31.5. The van der Waals surface area contributed by atoms with Gasteiger partial charge in [0.05, 0.1) is 0 Å². The van der Waals surface area contributed by atoms with Crippen molar-refractivity contribution in [1.29, 1.82) is 0 Å². The minimum atomic E-state index is -0.340. The Morgan fingerprint density at radius 2 is 2.33 bits per heavy atom. The molecule has 62 valence electrons. The molecule has 0 bridgehead atoms. The van der Waals surface area contributed by atoms with Gasteiger partial charge < -0.3 is 0 Å². The predicted molar refractivity (Wildman–Crippen MR) is 47.9 cm³/mol. The van der Waals surface area contributed by atoms with Crippen LogP contribution in [0.3, 0.4) is 0 Å². The van der Waals surface area contributed by atoms with Gasteiger partial charge in [-0.25, -0.2) is 4.99 Å². The molecule has 0 aromatic rings. The van der Waals surface area contributed by atoms with E-state index in [4.69, 9.17) is 0 Å². The highest BCUT2D eigenvalue weighted by Crippen LogP contribution is 2.05. The minimum absolute atomic E-state index is 0.340. The van der Waals surface area contributed by atoms with Crippen molar-refractivity contribution in [2.75, 3.05) is 7.05 Å². The van der Waals surface area contributed by atoms with Gasteiger partial charge in [-0.2, -0.15) is 4.99 Å². The first-order valence-corrected chi connectivity index (χ1v) is 3.73. The lowest BCUT2D eigenvalue weighted by Crippen LogP contribution is -2.93. The van der Waals surface area contributed by atoms with Crippen LogP contribution in [0.1, 0.15) is 6.92 Å². The maximum absolute atomic E-state index is 4.13. The third-order valence-electron chi connectivity index (χ3n) is 2.09. The molecule has 0 saturated carbocycles. The van der Waals surface area contributed by atoms with Gasteiger partial charge in [0.2, 0.25) is 5.66 Å². The largest absolute Gasteiger partial charge is 0.295 e. The highest BCUT2D eigenvalue weighted by atomic mass is 15.2. The Morgan fingerprint density at radius 3 is 3.08 bits per heavy atom. The fourth-order valence-electron chi connectivity index (χ4n) is 1.19. The molecule has 0 aromatic heterocycles. The maximum atomic E-state index is 4.13. The molecule has 2 aliphatic heterocycles. The number of nitrogens with zero attached hydrogens (tertiary/aromatic N) is 3. The van der Waals surface area contributed by atoms with E-state index in [9.17, 15) is 0 Å². The zero-order valence-corrected chi connectivity index (χ0v) is 7.00. The molecule has 0 fully saturated rings. The van der Waals surface area contributed by atoms with E-state index in [1.807, 2.05) is 14.0 Å². The van der Waals surface area contributed by atoms with Gasteiger partial charge in [-0.15, -0.1) is 0 Å². The number of hydrogen-bond donors (Lipinski definition) is 2. The zero-order valence-electron chi connectivity index (χ0n) is 7.00. The Kier molecular flexibility index (Phi) is 1.41. The second-order valence-electron chi connectivity index (χ2n) is 2.82. The summed E-state index contributed by atoms with van der Waals surface area (Å²) < 4.78 is 0. The molecule has 5 nitrogen and oxygen atoms in total. The van der Waals surface area contributed by atoms with Crippen LogP contribution in [0.15, 0.2) is 15.0 Å². The standard InChI is InChI=1S/C7H9N5/c1-7(8-2)5-6(10-3-9-5)11-4-12-7/h3-4,8H,1-2H3/p+1. The minimum Gasteiger partial charge on any atom is -0.274 e. The van der Waals surface area contributed by atoms with Crippen LogP contribution in [0.4, 0.5) is 0 Å². The third-order valence-corrected chi connectivity index (χ3v) is 2.09. The third kappa shape index (κ3) is 0.831. The maximum Gasteiger partial charge on any atom is 0.295 e. The molecule has 0 spiro atoms. The SMILES string of the molecule is CNC1(C)[NH+]=CN=C2N=CN=C21. The predicted octanol–water partition coefficient (Wildman–Crippen LogP) is -2.07. The van der Waals surface area contributed by atoms with Gasteiger partial charge in [-0.3, -0.25) is 10.3 Å². The number of amidine groups is 1. The van der Waals surface area contributed by atoms with Crippen LogP contribution in [-0.2, 0) is 0 Å². The summed E-state index contributed by atoms with van der Waals surface area (Å²) in [6, 6.07) is 0. The number of nitrogens with one attached hydrogen (secondary N) is 2. The van der Waals surface area contributed by atoms with E-state index in [-0.39, 0.29) is 5.66 Å². The summed E-state index contributed by atoms with van der Waals surface area (Å²) in [7, 11) is 1.87. The fraction of sp³-hybridized carbons (Fsp3) is 0.429. The summed E-state index contributed by atoms with van der Waals surface area (Å²) in [6.07, 6.45) is 3.15. The molecule has 2 heterocycles. The van der Waals surface area contributed by atoms with Crippen LogP contribution in [0.25, 0.3) is 0 Å². The molecule has 2 N–H and O–H groups in total. The van der Waals surface area contributed by atoms with Crippen molar-refractivity contribution in [3.63, 3.8) is 0 Å². The first kappa shape index (κ1) is 7.30. The molecule has 1 unspecified atom stereocenters. The summed E-state index contributed by atoms with van der Waals surface area (Å²) in [4.78, 5) is 15.3. The fourth-order valence-corrected chi connectivity index (χ4v) is 1.19. The number of hydrogen-bond acceptors (Lipinski definition) is 4. The lowest BCUT2D eigenvalue weighted by Gasteiger charge is -2.21. The van der Waals surface area contributed by atoms with Gasteiger partial charge in [0.15, 0.2) is 5.71 Å². The monoisotopic (exact) mass is 164 g/mol. The molecule has 0 radical (unpaired) electrons. The van der Waals surface area contributed by atoms with Gasteiger partial charge in [0.1, 0.15) is 6.34 Å². The van der Waals surface area contributed by atoms with Gasteiger partial charge in [-0.05, 0) is 19.0 Å². The van der Waals surface area contributed by atoms with Gasteiger partial charge in [-0.1, -0.05) is 0 Å². The quantitative estimate of drug-likeness (QED) is 0.459. The van der Waals surface area contributed by atoms with Crippen molar-refractivity contribution in [2.24, 2.45) is 15.0 Å². The molecule has 0 aromatic carbocycles. The second kappa shape index (κ2) is 2.31. The lowest BCUT2D eigenvalue weighted by atomic mass is 10.1. The number of fused-ring (bicyclic) bond motifs is 1. The van der Waals surface area contributed by atoms with Crippen molar-refractivity contribution in [2.45, 2.75) is 12.6 Å². The van der Waals surface area contributed by atoms with Crippen LogP contribution in [0.2, 0.25) is 0 Å². The average molecular weight is 164 g/mol. The van der Waals surface area contributed by atoms with E-state index in [1.54, 1.807) is 6.34 Å². The van der Waals surface area contributed by atoms with Crippen LogP contribution in [-0.4, -0.2) is 36.9 Å². The van der Waals surface area contributed by atoms with E-state index >= 15 is 0 Å². The molecule has 0 aliphatic carbocycles. The lowest BCUT2D eigenvalue weighted by molar-refractivity contribution is -0.528. The molecule has 12 heavy (non-hydrogen) atoms. The van der Waals surface area contributed by atoms with Crippen LogP contribution < -0.4 is 10.3 Å². The molecule has 2 aliphatic rings. The molecule has 5 heteroatoms. The van der Waals surface area contributed by atoms with Crippen molar-refractivity contribution in [3.8, 4) is 0 Å². The van der Waals surface area contributed by atoms with E-state index < -0.39 is 0 Å². The molecule has 1 atom stereocenters. The summed E-state index contributed by atoms with van der Waals surface area (Å²) >= 11 is 0. The highest BCUT2D eigenvalue weighted by Gasteiger charge is 2.40. The van der Waals surface area contributed by atoms with E-state index in [2.05, 4.69) is 25.3 Å². The van der Waals surface area contributed by atoms with E-state index in [0.29, 0.717) is 5.84 Å². The summed E-state index contributed by atoms with van der Waals surface area (Å²) in [5.41, 5.74) is 0.501. The van der Waals surface area contributed by atoms with E-state index in [1.165, 1.54) is 6.34 Å². The van der Waals surface area contributed by atoms with Crippen molar-refractivity contribution >= 4 is 24.2 Å². The molecule has 0 amide bonds. The van der Waals surface area contributed by atoms with E-state index in [0.717, 1.165) is 5.71 Å². The molecular formula is C7H10N5+. The average Bonchev–Trinajstić information content (AvgIpc) is 2.54. The van der Waals surface area contributed by atoms with Crippen LogP contribution >= 0.6 is 0 Å². The van der Waals surface area contributed by atoms with Gasteiger partial charge in [0.25, 0.3) is 12.2 Å². The molecular weight excluding hydrogens is 154 g/mol. The smallest absolute Gasteiger partial charge is 0.274 e. The van der Waals surface area contributed by atoms with Crippen LogP contribution in [0.5, 0.6) is 0 Å². The second-order valence-corrected chi connectivity index (χ2v) is 2.82. The molecule has 2 rings (SSSR count). The Bertz CT molecular complexity index is 325. The first-order chi connectivity index (χ1) is 5.76. The highest BCUT2D eigenvalue weighted by molar-refractivity contribution is 6.49. The molecule has 0 saturated heterocycles. The van der Waals surface area contributed by atoms with Crippen molar-refractivity contribution in [3.05, 3.63) is 0 Å². The van der Waals surface area contributed by atoms with Gasteiger partial charge >= 0.3 is 0 Å². The number of rotatable bonds is 1. The summed E-state index contributed by atoms with van der Waals surface area (Å²) in [5.74, 6) is 0.686. The zero-order chi connectivity index (χ0) is 8.60. The Hall–Kier alpha value is -1.36. The Labute approximate surface area is 70.0 Å². The summed E-state index contributed by atoms with van der Waals surface area (Å²) in [5, 5.41) is 3.12. The Balaban J connectivity index is 2.45. The summed E-state index contributed by atoms with van der Waals surface area (Å²) in [6.45, 7) is 1.99.